The van der Waals surface area contributed by atoms with Crippen LogP contribution >= 0.6 is 0 Å². The highest BCUT2D eigenvalue weighted by molar-refractivity contribution is 5.68. The summed E-state index contributed by atoms with van der Waals surface area (Å²) in [7, 11) is 0. The summed E-state index contributed by atoms with van der Waals surface area (Å²) in [5.74, 6) is -0.413. The molecule has 1 rings (SSSR count). The standard InChI is InChI=1S/C11H14NO3/c12-7-1-2-9-3-5-10(6-4-9)15-8-11(13)14/h1,3-6H,2,7-8,12H2,(H,13,14). The number of carbonyl (C=O) groups is 1. The zero-order chi connectivity index (χ0) is 11.1. The van der Waals surface area contributed by atoms with E-state index >= 15 is 0 Å². The summed E-state index contributed by atoms with van der Waals surface area (Å²) in [5.41, 5.74) is 6.47. The Balaban J connectivity index is 2.45. The molecule has 3 N–H and O–H groups in total. The number of rotatable bonds is 6. The minimum atomic E-state index is -0.976. The first kappa shape index (κ1) is 11.5. The Morgan fingerprint density at radius 1 is 1.40 bits per heavy atom. The van der Waals surface area contributed by atoms with E-state index in [1.807, 2.05) is 18.6 Å². The van der Waals surface area contributed by atoms with Gasteiger partial charge in [0.05, 0.1) is 0 Å². The molecule has 15 heavy (non-hydrogen) atoms. The van der Waals surface area contributed by atoms with Crippen molar-refractivity contribution in [3.8, 4) is 5.75 Å². The van der Waals surface area contributed by atoms with Gasteiger partial charge in [0.15, 0.2) is 6.61 Å². The third-order valence-electron chi connectivity index (χ3n) is 1.83. The van der Waals surface area contributed by atoms with Crippen LogP contribution in [0, 0.1) is 6.42 Å². The van der Waals surface area contributed by atoms with Crippen LogP contribution in [0.25, 0.3) is 0 Å². The lowest BCUT2D eigenvalue weighted by molar-refractivity contribution is -0.139. The Morgan fingerprint density at radius 2 is 2.07 bits per heavy atom. The Bertz CT molecular complexity index is 308. The molecule has 4 heteroatoms. The van der Waals surface area contributed by atoms with Crippen LogP contribution < -0.4 is 10.5 Å². The van der Waals surface area contributed by atoms with Gasteiger partial charge in [-0.3, -0.25) is 0 Å². The molecule has 0 aliphatic carbocycles. The first-order valence-corrected chi connectivity index (χ1v) is 4.67. The Hall–Kier alpha value is -1.55. The molecule has 1 radical (unpaired) electrons. The van der Waals surface area contributed by atoms with Gasteiger partial charge >= 0.3 is 5.97 Å². The molecule has 0 aromatic heterocycles. The maximum absolute atomic E-state index is 10.2. The summed E-state index contributed by atoms with van der Waals surface area (Å²) in [6.45, 7) is 0.242. The lowest BCUT2D eigenvalue weighted by Gasteiger charge is -2.04. The number of carboxylic acids is 1. The molecule has 4 nitrogen and oxygen atoms in total. The van der Waals surface area contributed by atoms with Gasteiger partial charge in [0.1, 0.15) is 5.75 Å². The molecule has 81 valence electrons. The van der Waals surface area contributed by atoms with Gasteiger partial charge in [-0.2, -0.15) is 0 Å². The highest BCUT2D eigenvalue weighted by Crippen LogP contribution is 2.12. The molecular formula is C11H14NO3. The fourth-order valence-corrected chi connectivity index (χ4v) is 1.12. The number of hydrogen-bond donors (Lipinski definition) is 2. The van der Waals surface area contributed by atoms with E-state index in [4.69, 9.17) is 15.6 Å². The van der Waals surface area contributed by atoms with Crippen LogP contribution in [-0.2, 0) is 11.2 Å². The largest absolute Gasteiger partial charge is 0.482 e. The van der Waals surface area contributed by atoms with Gasteiger partial charge in [0.2, 0.25) is 0 Å². The summed E-state index contributed by atoms with van der Waals surface area (Å²) in [6.07, 6.45) is 2.78. The van der Waals surface area contributed by atoms with E-state index in [0.29, 0.717) is 12.3 Å². The highest BCUT2D eigenvalue weighted by atomic mass is 16.5. The monoisotopic (exact) mass is 208 g/mol. The summed E-state index contributed by atoms with van der Waals surface area (Å²) in [5, 5.41) is 8.40. The predicted molar refractivity (Wildman–Crippen MR) is 56.6 cm³/mol. The predicted octanol–water partition coefficient (Wildman–Crippen LogP) is 0.855. The molecular weight excluding hydrogens is 194 g/mol. The molecule has 1 aromatic carbocycles. The molecule has 0 spiro atoms. The third kappa shape index (κ3) is 4.46. The van der Waals surface area contributed by atoms with Crippen molar-refractivity contribution in [1.29, 1.82) is 0 Å². The van der Waals surface area contributed by atoms with E-state index in [1.54, 1.807) is 12.1 Å². The summed E-state index contributed by atoms with van der Waals surface area (Å²) in [6, 6.07) is 7.29. The number of nitrogens with two attached hydrogens (primary N) is 1. The van der Waals surface area contributed by atoms with Crippen molar-refractivity contribution in [3.05, 3.63) is 36.2 Å². The Kier molecular flexibility index (Phi) is 4.63. The van der Waals surface area contributed by atoms with E-state index in [-0.39, 0.29) is 6.61 Å². The lowest BCUT2D eigenvalue weighted by atomic mass is 10.1. The minimum Gasteiger partial charge on any atom is -0.482 e. The molecule has 1 aromatic rings. The van der Waals surface area contributed by atoms with Crippen LogP contribution in [0.1, 0.15) is 5.56 Å². The Morgan fingerprint density at radius 3 is 2.60 bits per heavy atom. The molecule has 0 fully saturated rings. The van der Waals surface area contributed by atoms with Crippen molar-refractivity contribution >= 4 is 5.97 Å². The van der Waals surface area contributed by atoms with Crippen molar-refractivity contribution in [1.82, 2.24) is 0 Å². The first-order chi connectivity index (χ1) is 7.22. The van der Waals surface area contributed by atoms with Gasteiger partial charge in [-0.15, -0.1) is 0 Å². The molecule has 0 amide bonds. The average Bonchev–Trinajstić information content (AvgIpc) is 2.25. The van der Waals surface area contributed by atoms with Gasteiger partial charge in [0.25, 0.3) is 0 Å². The van der Waals surface area contributed by atoms with Crippen molar-refractivity contribution in [2.24, 2.45) is 5.73 Å². The van der Waals surface area contributed by atoms with Crippen molar-refractivity contribution in [2.75, 3.05) is 13.2 Å². The van der Waals surface area contributed by atoms with Gasteiger partial charge in [-0.25, -0.2) is 4.79 Å². The van der Waals surface area contributed by atoms with Crippen LogP contribution in [0.3, 0.4) is 0 Å². The van der Waals surface area contributed by atoms with Gasteiger partial charge < -0.3 is 15.6 Å². The number of benzene rings is 1. The zero-order valence-electron chi connectivity index (χ0n) is 8.35. The van der Waals surface area contributed by atoms with Crippen molar-refractivity contribution < 1.29 is 14.6 Å². The third-order valence-corrected chi connectivity index (χ3v) is 1.83. The number of aliphatic carboxylic acids is 1. The van der Waals surface area contributed by atoms with Gasteiger partial charge in [-0.05, 0) is 37.1 Å². The highest BCUT2D eigenvalue weighted by Gasteiger charge is 1.99. The molecule has 0 aliphatic rings. The minimum absolute atomic E-state index is 0.311. The second-order valence-corrected chi connectivity index (χ2v) is 3.05. The molecule has 0 bridgehead atoms. The molecule has 0 heterocycles. The van der Waals surface area contributed by atoms with Crippen molar-refractivity contribution in [2.45, 2.75) is 6.42 Å². The lowest BCUT2D eigenvalue weighted by Crippen LogP contribution is -2.09. The Labute approximate surface area is 88.7 Å². The first-order valence-electron chi connectivity index (χ1n) is 4.67. The van der Waals surface area contributed by atoms with E-state index in [1.165, 1.54) is 0 Å². The number of carboxylic acid groups (broad SMARTS) is 1. The molecule has 0 atom stereocenters. The number of hydrogen-bond acceptors (Lipinski definition) is 3. The van der Waals surface area contributed by atoms with Crippen LogP contribution in [-0.4, -0.2) is 24.2 Å². The van der Waals surface area contributed by atoms with E-state index in [0.717, 1.165) is 12.0 Å². The maximum Gasteiger partial charge on any atom is 0.341 e. The molecule has 0 unspecified atom stereocenters. The van der Waals surface area contributed by atoms with Crippen LogP contribution in [0.2, 0.25) is 0 Å². The topological polar surface area (TPSA) is 72.5 Å². The normalized spacial score (nSPS) is 9.93. The van der Waals surface area contributed by atoms with Crippen LogP contribution in [0.15, 0.2) is 24.3 Å². The fourth-order valence-electron chi connectivity index (χ4n) is 1.12. The average molecular weight is 208 g/mol. The second-order valence-electron chi connectivity index (χ2n) is 3.05. The molecule has 0 saturated carbocycles. The quantitative estimate of drug-likeness (QED) is 0.727. The molecule has 0 aliphatic heterocycles. The SMILES string of the molecule is NC[CH]Cc1ccc(OCC(=O)O)cc1. The zero-order valence-corrected chi connectivity index (χ0v) is 8.35. The van der Waals surface area contributed by atoms with Crippen molar-refractivity contribution in [3.63, 3.8) is 0 Å². The smallest absolute Gasteiger partial charge is 0.341 e. The summed E-state index contributed by atoms with van der Waals surface area (Å²) >= 11 is 0. The maximum atomic E-state index is 10.2. The van der Waals surface area contributed by atoms with Gasteiger partial charge in [0, 0.05) is 0 Å². The van der Waals surface area contributed by atoms with E-state index in [9.17, 15) is 4.79 Å². The van der Waals surface area contributed by atoms with E-state index < -0.39 is 5.97 Å². The van der Waals surface area contributed by atoms with E-state index in [2.05, 4.69) is 0 Å². The summed E-state index contributed by atoms with van der Waals surface area (Å²) < 4.78 is 4.99. The second kappa shape index (κ2) is 6.03. The molecule has 0 saturated heterocycles. The number of ether oxygens (including phenoxy) is 1. The van der Waals surface area contributed by atoms with Gasteiger partial charge in [-0.1, -0.05) is 12.1 Å². The van der Waals surface area contributed by atoms with Crippen LogP contribution in [0.4, 0.5) is 0 Å². The fraction of sp³-hybridized carbons (Fsp3) is 0.273. The van der Waals surface area contributed by atoms with Crippen LogP contribution in [0.5, 0.6) is 5.75 Å². The summed E-state index contributed by atoms with van der Waals surface area (Å²) in [4.78, 5) is 10.2.